The van der Waals surface area contributed by atoms with E-state index in [1.165, 1.54) is 11.0 Å². The topological polar surface area (TPSA) is 67.9 Å². The van der Waals surface area contributed by atoms with E-state index in [4.69, 9.17) is 5.73 Å². The van der Waals surface area contributed by atoms with Crippen molar-refractivity contribution >= 4 is 17.9 Å². The third-order valence-corrected chi connectivity index (χ3v) is 4.71. The Balaban J connectivity index is 2.21. The maximum atomic E-state index is 13.2. The number of guanidine groups is 1. The molecule has 7 heteroatoms. The molecule has 0 aromatic heterocycles. The highest BCUT2D eigenvalue weighted by molar-refractivity contribution is 6.09. The Morgan fingerprint density at radius 3 is 2.50 bits per heavy atom. The van der Waals surface area contributed by atoms with E-state index in [-0.39, 0.29) is 17.6 Å². The first-order valence-electron chi connectivity index (χ1n) is 8.72. The number of nitrogens with zero attached hydrogens (tertiary/aromatic N) is 2. The highest BCUT2D eigenvalue weighted by atomic mass is 19.3. The minimum absolute atomic E-state index is 0.0484. The fourth-order valence-electron chi connectivity index (χ4n) is 3.35. The standard InChI is InChI=1S/C21H21F2N3O2/c1-4-6-14-7-5-8-15(12-14)21(18(27)26(3)20(24)25-21)16-9-10-17(13(2)11-16)28-19(22)23/h4-12,19H,1-3H3,(H2,24,25)/b6-4+. The number of hydrogen-bond acceptors (Lipinski definition) is 4. The third kappa shape index (κ3) is 3.24. The van der Waals surface area contributed by atoms with Crippen LogP contribution in [0.3, 0.4) is 0 Å². The molecule has 0 radical (unpaired) electrons. The van der Waals surface area contributed by atoms with Gasteiger partial charge in [-0.05, 0) is 54.3 Å². The lowest BCUT2D eigenvalue weighted by atomic mass is 9.81. The van der Waals surface area contributed by atoms with Crippen LogP contribution in [-0.2, 0) is 10.3 Å². The number of nitrogens with two attached hydrogens (primary N) is 1. The van der Waals surface area contributed by atoms with Crippen molar-refractivity contribution in [2.45, 2.75) is 26.0 Å². The summed E-state index contributed by atoms with van der Waals surface area (Å²) in [6, 6.07) is 12.1. The van der Waals surface area contributed by atoms with Gasteiger partial charge in [0, 0.05) is 7.05 Å². The fourth-order valence-corrected chi connectivity index (χ4v) is 3.35. The SMILES string of the molecule is C/C=C/c1cccc(C2(c3ccc(OC(F)F)c(C)c3)N=C(N)N(C)C2=O)c1. The number of carbonyl (C=O) groups is 1. The second kappa shape index (κ2) is 7.42. The van der Waals surface area contributed by atoms with Crippen LogP contribution in [0.25, 0.3) is 6.08 Å². The number of rotatable bonds is 5. The maximum Gasteiger partial charge on any atom is 0.387 e. The Hall–Kier alpha value is -3.22. The van der Waals surface area contributed by atoms with E-state index in [2.05, 4.69) is 9.73 Å². The zero-order valence-electron chi connectivity index (χ0n) is 15.8. The molecule has 0 fully saturated rings. The second-order valence-corrected chi connectivity index (χ2v) is 6.53. The molecule has 0 aliphatic carbocycles. The molecule has 1 amide bonds. The molecule has 1 aliphatic heterocycles. The molecule has 1 atom stereocenters. The number of likely N-dealkylation sites (N-methyl/N-ethyl adjacent to an activating group) is 1. The molecular weight excluding hydrogens is 364 g/mol. The monoisotopic (exact) mass is 385 g/mol. The largest absolute Gasteiger partial charge is 0.435 e. The van der Waals surface area contributed by atoms with Crippen molar-refractivity contribution in [1.29, 1.82) is 0 Å². The molecule has 28 heavy (non-hydrogen) atoms. The lowest BCUT2D eigenvalue weighted by Gasteiger charge is -2.27. The summed E-state index contributed by atoms with van der Waals surface area (Å²) in [6.07, 6.45) is 3.81. The summed E-state index contributed by atoms with van der Waals surface area (Å²) < 4.78 is 29.7. The number of carbonyl (C=O) groups excluding carboxylic acids is 1. The molecule has 5 nitrogen and oxygen atoms in total. The number of alkyl halides is 2. The predicted molar refractivity (Wildman–Crippen MR) is 104 cm³/mol. The minimum atomic E-state index is -2.93. The van der Waals surface area contributed by atoms with Crippen LogP contribution in [0.1, 0.15) is 29.2 Å². The van der Waals surface area contributed by atoms with E-state index in [0.717, 1.165) is 5.56 Å². The van der Waals surface area contributed by atoms with Gasteiger partial charge >= 0.3 is 6.61 Å². The van der Waals surface area contributed by atoms with Crippen LogP contribution in [0.4, 0.5) is 8.78 Å². The van der Waals surface area contributed by atoms with Crippen LogP contribution in [0.5, 0.6) is 5.75 Å². The van der Waals surface area contributed by atoms with Crippen LogP contribution in [0.2, 0.25) is 0 Å². The maximum absolute atomic E-state index is 13.2. The summed E-state index contributed by atoms with van der Waals surface area (Å²) in [4.78, 5) is 19.0. The summed E-state index contributed by atoms with van der Waals surface area (Å²) in [5.41, 5.74) is 7.13. The number of aliphatic imine (C=N–C) groups is 1. The summed E-state index contributed by atoms with van der Waals surface area (Å²) in [6.45, 7) is 0.614. The number of ether oxygens (including phenoxy) is 1. The van der Waals surface area contributed by atoms with Gasteiger partial charge in [-0.2, -0.15) is 8.78 Å². The van der Waals surface area contributed by atoms with Crippen LogP contribution in [0.15, 0.2) is 53.5 Å². The molecule has 0 spiro atoms. The molecule has 1 aliphatic rings. The third-order valence-electron chi connectivity index (χ3n) is 4.71. The van der Waals surface area contributed by atoms with Crippen molar-refractivity contribution in [2.75, 3.05) is 7.05 Å². The van der Waals surface area contributed by atoms with Gasteiger partial charge < -0.3 is 10.5 Å². The van der Waals surface area contributed by atoms with Crippen molar-refractivity contribution in [3.63, 3.8) is 0 Å². The van der Waals surface area contributed by atoms with Gasteiger partial charge in [-0.25, -0.2) is 4.99 Å². The molecule has 2 aromatic rings. The number of allylic oxidation sites excluding steroid dienone is 1. The van der Waals surface area contributed by atoms with Crippen molar-refractivity contribution < 1.29 is 18.3 Å². The second-order valence-electron chi connectivity index (χ2n) is 6.53. The van der Waals surface area contributed by atoms with Crippen LogP contribution in [-0.4, -0.2) is 30.4 Å². The number of halogens is 2. The number of aryl methyl sites for hydroxylation is 1. The van der Waals surface area contributed by atoms with Crippen LogP contribution >= 0.6 is 0 Å². The average molecular weight is 385 g/mol. The zero-order chi connectivity index (χ0) is 20.5. The highest BCUT2D eigenvalue weighted by Crippen LogP contribution is 2.41. The predicted octanol–water partition coefficient (Wildman–Crippen LogP) is 3.66. The van der Waals surface area contributed by atoms with Gasteiger partial charge in [0.1, 0.15) is 5.75 Å². The Morgan fingerprint density at radius 2 is 1.93 bits per heavy atom. The van der Waals surface area contributed by atoms with Crippen molar-refractivity contribution in [1.82, 2.24) is 4.90 Å². The van der Waals surface area contributed by atoms with E-state index >= 15 is 0 Å². The van der Waals surface area contributed by atoms with Crippen molar-refractivity contribution in [3.8, 4) is 5.75 Å². The summed E-state index contributed by atoms with van der Waals surface area (Å²) in [5, 5.41) is 0. The Morgan fingerprint density at radius 1 is 1.21 bits per heavy atom. The van der Waals surface area contributed by atoms with Gasteiger partial charge in [0.25, 0.3) is 5.91 Å². The van der Waals surface area contributed by atoms with E-state index in [9.17, 15) is 13.6 Å². The van der Waals surface area contributed by atoms with E-state index in [1.807, 2.05) is 37.3 Å². The quantitative estimate of drug-likeness (QED) is 0.854. The lowest BCUT2D eigenvalue weighted by molar-refractivity contribution is -0.129. The fraction of sp³-hybridized carbons (Fsp3) is 0.238. The highest BCUT2D eigenvalue weighted by Gasteiger charge is 2.49. The molecule has 2 N–H and O–H groups in total. The lowest BCUT2D eigenvalue weighted by Crippen LogP contribution is -2.41. The smallest absolute Gasteiger partial charge is 0.387 e. The first-order chi connectivity index (χ1) is 13.3. The Labute approximate surface area is 162 Å². The molecule has 0 saturated carbocycles. The normalized spacial score (nSPS) is 19.6. The molecule has 146 valence electrons. The number of benzene rings is 2. The number of amides is 1. The van der Waals surface area contributed by atoms with Gasteiger partial charge in [-0.1, -0.05) is 36.4 Å². The molecular formula is C21H21F2N3O2. The van der Waals surface area contributed by atoms with Gasteiger partial charge in [0.2, 0.25) is 0 Å². The van der Waals surface area contributed by atoms with Gasteiger partial charge in [-0.15, -0.1) is 0 Å². The molecule has 0 bridgehead atoms. The first-order valence-corrected chi connectivity index (χ1v) is 8.72. The van der Waals surface area contributed by atoms with Gasteiger partial charge in [0.05, 0.1) is 0 Å². The average Bonchev–Trinajstić information content (AvgIpc) is 2.88. The molecule has 3 rings (SSSR count). The van der Waals surface area contributed by atoms with Gasteiger partial charge in [-0.3, -0.25) is 9.69 Å². The number of hydrogen-bond donors (Lipinski definition) is 1. The summed E-state index contributed by atoms with van der Waals surface area (Å²) in [7, 11) is 1.56. The first kappa shape index (κ1) is 19.5. The minimum Gasteiger partial charge on any atom is -0.435 e. The van der Waals surface area contributed by atoms with Crippen molar-refractivity contribution in [2.24, 2.45) is 10.7 Å². The molecule has 1 heterocycles. The molecule has 1 unspecified atom stereocenters. The van der Waals surface area contributed by atoms with E-state index in [1.54, 1.807) is 32.2 Å². The van der Waals surface area contributed by atoms with Crippen molar-refractivity contribution in [3.05, 3.63) is 70.8 Å². The summed E-state index contributed by atoms with van der Waals surface area (Å²) in [5.74, 6) is -0.177. The zero-order valence-corrected chi connectivity index (χ0v) is 15.8. The Kier molecular flexibility index (Phi) is 5.18. The van der Waals surface area contributed by atoms with E-state index < -0.39 is 12.2 Å². The molecule has 2 aromatic carbocycles. The van der Waals surface area contributed by atoms with Crippen LogP contribution in [0, 0.1) is 6.92 Å². The molecule has 0 saturated heterocycles. The Bertz CT molecular complexity index is 972. The van der Waals surface area contributed by atoms with Gasteiger partial charge in [0.15, 0.2) is 11.5 Å². The van der Waals surface area contributed by atoms with E-state index in [0.29, 0.717) is 16.7 Å². The van der Waals surface area contributed by atoms with Crippen LogP contribution < -0.4 is 10.5 Å². The summed E-state index contributed by atoms with van der Waals surface area (Å²) >= 11 is 0.